The monoisotopic (exact) mass is 348 g/mol. The van der Waals surface area contributed by atoms with Gasteiger partial charge >= 0.3 is 0 Å². The molecule has 0 saturated heterocycles. The van der Waals surface area contributed by atoms with Crippen molar-refractivity contribution in [1.82, 2.24) is 4.98 Å². The molecule has 5 heteroatoms. The Balaban J connectivity index is 1.44. The van der Waals surface area contributed by atoms with Crippen LogP contribution in [-0.4, -0.2) is 17.7 Å². The van der Waals surface area contributed by atoms with Crippen LogP contribution in [0.25, 0.3) is 10.9 Å². The number of rotatable bonds is 3. The van der Waals surface area contributed by atoms with Crippen LogP contribution >= 0.6 is 0 Å². The van der Waals surface area contributed by atoms with Gasteiger partial charge < -0.3 is 19.8 Å². The number of amides is 1. The molecule has 0 spiro atoms. The number of nitrogens with one attached hydrogen (secondary N) is 2. The van der Waals surface area contributed by atoms with Crippen molar-refractivity contribution >= 4 is 22.5 Å². The molecule has 2 heterocycles. The summed E-state index contributed by atoms with van der Waals surface area (Å²) in [7, 11) is 0. The summed E-state index contributed by atoms with van der Waals surface area (Å²) in [5.74, 6) is 1.51. The lowest BCUT2D eigenvalue weighted by molar-refractivity contribution is -0.118. The Hall–Kier alpha value is -2.95. The molecule has 0 atom stereocenters. The Bertz CT molecular complexity index is 1050. The van der Waals surface area contributed by atoms with E-state index in [1.54, 1.807) is 0 Å². The Morgan fingerprint density at radius 1 is 1.08 bits per heavy atom. The second kappa shape index (κ2) is 5.27. The van der Waals surface area contributed by atoms with Crippen molar-refractivity contribution in [3.63, 3.8) is 0 Å². The van der Waals surface area contributed by atoms with E-state index in [4.69, 9.17) is 9.47 Å². The van der Waals surface area contributed by atoms with Crippen molar-refractivity contribution in [1.29, 1.82) is 0 Å². The number of ether oxygens (including phenoxy) is 2. The average molecular weight is 348 g/mol. The lowest BCUT2D eigenvalue weighted by Gasteiger charge is -2.16. The molecule has 1 amide bonds. The van der Waals surface area contributed by atoms with E-state index in [0.29, 0.717) is 0 Å². The average Bonchev–Trinajstić information content (AvgIpc) is 3.24. The summed E-state index contributed by atoms with van der Waals surface area (Å²) in [5, 5.41) is 4.26. The van der Waals surface area contributed by atoms with Crippen LogP contribution in [0, 0.1) is 13.8 Å². The number of H-pyrrole nitrogens is 1. The van der Waals surface area contributed by atoms with E-state index in [1.165, 1.54) is 5.56 Å². The SMILES string of the molecule is Cc1[nH]c2ccc(NC(=O)C3(c4ccc5c(c4)OCO5)CC3)cc2c1C. The quantitative estimate of drug-likeness (QED) is 0.746. The summed E-state index contributed by atoms with van der Waals surface area (Å²) in [6.07, 6.45) is 1.70. The van der Waals surface area contributed by atoms with Crippen molar-refractivity contribution in [3.8, 4) is 11.5 Å². The van der Waals surface area contributed by atoms with Crippen molar-refractivity contribution in [2.75, 3.05) is 12.1 Å². The number of aromatic amines is 1. The van der Waals surface area contributed by atoms with Gasteiger partial charge in [0.2, 0.25) is 12.7 Å². The third-order valence-corrected chi connectivity index (χ3v) is 5.68. The summed E-state index contributed by atoms with van der Waals surface area (Å²) in [5.41, 5.74) is 4.83. The zero-order valence-electron chi connectivity index (χ0n) is 14.8. The molecule has 0 bridgehead atoms. The molecule has 3 aromatic rings. The predicted octanol–water partition coefficient (Wildman–Crippen LogP) is 4.18. The fourth-order valence-corrected chi connectivity index (χ4v) is 3.76. The Labute approximate surface area is 151 Å². The number of fused-ring (bicyclic) bond motifs is 2. The first-order valence-electron chi connectivity index (χ1n) is 8.87. The number of carbonyl (C=O) groups excluding carboxylic acids is 1. The maximum absolute atomic E-state index is 13.0. The molecule has 0 radical (unpaired) electrons. The Kier molecular flexibility index (Phi) is 3.11. The van der Waals surface area contributed by atoms with Gasteiger partial charge in [-0.1, -0.05) is 6.07 Å². The maximum atomic E-state index is 13.0. The molecule has 2 N–H and O–H groups in total. The van der Waals surface area contributed by atoms with Crippen LogP contribution in [0.1, 0.15) is 29.7 Å². The molecule has 0 unspecified atom stereocenters. The van der Waals surface area contributed by atoms with Gasteiger partial charge in [-0.15, -0.1) is 0 Å². The van der Waals surface area contributed by atoms with Crippen LogP contribution in [-0.2, 0) is 10.2 Å². The summed E-state index contributed by atoms with van der Waals surface area (Å²) in [4.78, 5) is 16.4. The van der Waals surface area contributed by atoms with E-state index in [9.17, 15) is 4.79 Å². The van der Waals surface area contributed by atoms with Gasteiger partial charge in [-0.2, -0.15) is 0 Å². The number of aromatic nitrogens is 1. The number of carbonyl (C=O) groups is 1. The van der Waals surface area contributed by atoms with E-state index in [1.807, 2.05) is 36.4 Å². The minimum atomic E-state index is -0.459. The van der Waals surface area contributed by atoms with Crippen molar-refractivity contribution in [2.24, 2.45) is 0 Å². The van der Waals surface area contributed by atoms with E-state index < -0.39 is 5.41 Å². The largest absolute Gasteiger partial charge is 0.454 e. The van der Waals surface area contributed by atoms with Crippen molar-refractivity contribution < 1.29 is 14.3 Å². The number of aryl methyl sites for hydroxylation is 2. The van der Waals surface area contributed by atoms with Crippen LogP contribution < -0.4 is 14.8 Å². The molecule has 1 saturated carbocycles. The van der Waals surface area contributed by atoms with Gasteiger partial charge in [0.15, 0.2) is 11.5 Å². The standard InChI is InChI=1S/C21H20N2O3/c1-12-13(2)22-17-5-4-15(10-16(12)17)23-20(24)21(7-8-21)14-3-6-18-19(9-14)26-11-25-18/h3-6,9-10,22H,7-8,11H2,1-2H3,(H,23,24). The van der Waals surface area contributed by atoms with Gasteiger partial charge in [0.05, 0.1) is 5.41 Å². The second-order valence-corrected chi connectivity index (χ2v) is 7.24. The molecule has 1 aliphatic carbocycles. The summed E-state index contributed by atoms with van der Waals surface area (Å²) in [6.45, 7) is 4.40. The highest BCUT2D eigenvalue weighted by atomic mass is 16.7. The van der Waals surface area contributed by atoms with Crippen LogP contribution in [0.15, 0.2) is 36.4 Å². The molecule has 1 aliphatic heterocycles. The zero-order chi connectivity index (χ0) is 17.9. The minimum Gasteiger partial charge on any atom is -0.454 e. The first-order chi connectivity index (χ1) is 12.6. The van der Waals surface area contributed by atoms with E-state index in [0.717, 1.165) is 52.2 Å². The predicted molar refractivity (Wildman–Crippen MR) is 99.9 cm³/mol. The fraction of sp³-hybridized carbons (Fsp3) is 0.286. The number of anilines is 1. The minimum absolute atomic E-state index is 0.0422. The fourth-order valence-electron chi connectivity index (χ4n) is 3.76. The van der Waals surface area contributed by atoms with Gasteiger partial charge in [0.25, 0.3) is 0 Å². The third kappa shape index (κ3) is 2.20. The van der Waals surface area contributed by atoms with Crippen LogP contribution in [0.3, 0.4) is 0 Å². The molecule has 26 heavy (non-hydrogen) atoms. The molecule has 1 aromatic heterocycles. The van der Waals surface area contributed by atoms with Crippen molar-refractivity contribution in [2.45, 2.75) is 32.1 Å². The van der Waals surface area contributed by atoms with E-state index >= 15 is 0 Å². The van der Waals surface area contributed by atoms with E-state index in [2.05, 4.69) is 24.1 Å². The van der Waals surface area contributed by atoms with Crippen LogP contribution in [0.4, 0.5) is 5.69 Å². The lowest BCUT2D eigenvalue weighted by atomic mass is 9.94. The third-order valence-electron chi connectivity index (χ3n) is 5.68. The topological polar surface area (TPSA) is 63.4 Å². The van der Waals surface area contributed by atoms with Crippen molar-refractivity contribution in [3.05, 3.63) is 53.2 Å². The van der Waals surface area contributed by atoms with Gasteiger partial charge in [-0.05, 0) is 68.1 Å². The highest BCUT2D eigenvalue weighted by molar-refractivity contribution is 6.02. The second-order valence-electron chi connectivity index (χ2n) is 7.24. The number of benzene rings is 2. The molecule has 5 nitrogen and oxygen atoms in total. The normalized spacial score (nSPS) is 16.7. The van der Waals surface area contributed by atoms with Gasteiger partial charge in [0.1, 0.15) is 0 Å². The number of hydrogen-bond acceptors (Lipinski definition) is 3. The van der Waals surface area contributed by atoms with Crippen LogP contribution in [0.2, 0.25) is 0 Å². The molecular weight excluding hydrogens is 328 g/mol. The molecule has 2 aliphatic rings. The van der Waals surface area contributed by atoms with Gasteiger partial charge in [0, 0.05) is 22.3 Å². The van der Waals surface area contributed by atoms with Gasteiger partial charge in [-0.25, -0.2) is 0 Å². The molecule has 1 fully saturated rings. The summed E-state index contributed by atoms with van der Waals surface area (Å²) >= 11 is 0. The van der Waals surface area contributed by atoms with E-state index in [-0.39, 0.29) is 12.7 Å². The first kappa shape index (κ1) is 15.3. The molecular formula is C21H20N2O3. The summed E-state index contributed by atoms with van der Waals surface area (Å²) < 4.78 is 10.8. The Morgan fingerprint density at radius 2 is 1.88 bits per heavy atom. The highest BCUT2D eigenvalue weighted by Gasteiger charge is 2.51. The zero-order valence-corrected chi connectivity index (χ0v) is 14.8. The molecule has 5 rings (SSSR count). The smallest absolute Gasteiger partial charge is 0.235 e. The maximum Gasteiger partial charge on any atom is 0.235 e. The Morgan fingerprint density at radius 3 is 2.69 bits per heavy atom. The lowest BCUT2D eigenvalue weighted by Crippen LogP contribution is -2.27. The highest BCUT2D eigenvalue weighted by Crippen LogP contribution is 2.51. The molecule has 132 valence electrons. The molecule has 2 aromatic carbocycles. The van der Waals surface area contributed by atoms with Gasteiger partial charge in [-0.3, -0.25) is 4.79 Å². The first-order valence-corrected chi connectivity index (χ1v) is 8.87. The van der Waals surface area contributed by atoms with Crippen LogP contribution in [0.5, 0.6) is 11.5 Å². The summed E-state index contributed by atoms with van der Waals surface area (Å²) in [6, 6.07) is 11.8. The number of hydrogen-bond donors (Lipinski definition) is 2.